The van der Waals surface area contributed by atoms with Crippen molar-refractivity contribution in [1.29, 1.82) is 0 Å². The molecule has 1 aliphatic rings. The smallest absolute Gasteiger partial charge is 0.224 e. The number of benzene rings is 1. The molecule has 0 spiro atoms. The summed E-state index contributed by atoms with van der Waals surface area (Å²) >= 11 is 0. The van der Waals surface area contributed by atoms with E-state index in [1.807, 2.05) is 25.1 Å². The maximum atomic E-state index is 11.9. The number of nitrogens with one attached hydrogen (secondary N) is 1. The van der Waals surface area contributed by atoms with E-state index in [9.17, 15) is 4.79 Å². The summed E-state index contributed by atoms with van der Waals surface area (Å²) in [5.41, 5.74) is 1.85. The van der Waals surface area contributed by atoms with E-state index in [2.05, 4.69) is 42.4 Å². The average Bonchev–Trinajstić information content (AvgIpc) is 3.05. The zero-order valence-corrected chi connectivity index (χ0v) is 12.0. The lowest BCUT2D eigenvalue weighted by molar-refractivity contribution is -0.116. The van der Waals surface area contributed by atoms with Gasteiger partial charge >= 0.3 is 0 Å². The van der Waals surface area contributed by atoms with E-state index in [4.69, 9.17) is 0 Å². The molecule has 1 heterocycles. The van der Waals surface area contributed by atoms with E-state index in [-0.39, 0.29) is 17.0 Å². The van der Waals surface area contributed by atoms with Gasteiger partial charge in [0.25, 0.3) is 0 Å². The van der Waals surface area contributed by atoms with Crippen LogP contribution in [0.4, 0.5) is 5.69 Å². The van der Waals surface area contributed by atoms with Crippen molar-refractivity contribution in [3.8, 4) is 0 Å². The Morgan fingerprint density at radius 3 is 2.58 bits per heavy atom. The molecule has 0 unspecified atom stereocenters. The lowest BCUT2D eigenvalue weighted by atomic mass is 9.87. The second kappa shape index (κ2) is 4.76. The molecule has 0 bridgehead atoms. The van der Waals surface area contributed by atoms with E-state index in [0.717, 1.165) is 5.69 Å². The molecule has 1 aliphatic heterocycles. The molecule has 4 heteroatoms. The van der Waals surface area contributed by atoms with Gasteiger partial charge in [-0.15, -0.1) is 0 Å². The normalized spacial score (nSPS) is 16.2. The fourth-order valence-corrected chi connectivity index (χ4v) is 1.82. The summed E-state index contributed by atoms with van der Waals surface area (Å²) in [6, 6.07) is 8.01. The van der Waals surface area contributed by atoms with Gasteiger partial charge in [-0.05, 0) is 30.0 Å². The van der Waals surface area contributed by atoms with Gasteiger partial charge in [-0.25, -0.2) is 0 Å². The average molecular weight is 259 g/mol. The van der Waals surface area contributed by atoms with Crippen LogP contribution in [0.2, 0.25) is 0 Å². The topological polar surface area (TPSA) is 53.8 Å². The first-order valence-electron chi connectivity index (χ1n) is 6.63. The molecule has 0 radical (unpaired) electrons. The Labute approximate surface area is 114 Å². The predicted octanol–water partition coefficient (Wildman–Crippen LogP) is 3.88. The minimum atomic E-state index is -0.301. The highest BCUT2D eigenvalue weighted by molar-refractivity contribution is 5.90. The Bertz CT molecular complexity index is 508. The van der Waals surface area contributed by atoms with Gasteiger partial charge in [-0.1, -0.05) is 32.9 Å². The van der Waals surface area contributed by atoms with Crippen molar-refractivity contribution >= 4 is 11.6 Å². The van der Waals surface area contributed by atoms with Gasteiger partial charge in [-0.3, -0.25) is 4.79 Å². The summed E-state index contributed by atoms with van der Waals surface area (Å²) in [6.07, 6.45) is 1.13. The molecule has 1 aromatic carbocycles. The number of nitrogens with zero attached hydrogens (tertiary/aromatic N) is 2. The monoisotopic (exact) mass is 259 g/mol. The van der Waals surface area contributed by atoms with Crippen LogP contribution in [0.1, 0.15) is 46.1 Å². The maximum Gasteiger partial charge on any atom is 0.224 e. The van der Waals surface area contributed by atoms with Gasteiger partial charge in [0.1, 0.15) is 0 Å². The van der Waals surface area contributed by atoms with Crippen molar-refractivity contribution in [2.75, 3.05) is 5.32 Å². The Morgan fingerprint density at radius 2 is 2.00 bits per heavy atom. The molecule has 1 amide bonds. The number of hydrogen-bond acceptors (Lipinski definition) is 3. The highest BCUT2D eigenvalue weighted by atomic mass is 16.1. The highest BCUT2D eigenvalue weighted by Crippen LogP contribution is 2.32. The lowest BCUT2D eigenvalue weighted by Crippen LogP contribution is -2.16. The van der Waals surface area contributed by atoms with Gasteiger partial charge in [0.15, 0.2) is 5.66 Å². The molecule has 102 valence electrons. The van der Waals surface area contributed by atoms with E-state index in [1.165, 1.54) is 5.56 Å². The van der Waals surface area contributed by atoms with E-state index in [0.29, 0.717) is 12.8 Å². The summed E-state index contributed by atoms with van der Waals surface area (Å²) in [6.45, 7) is 8.40. The van der Waals surface area contributed by atoms with Crippen LogP contribution in [0, 0.1) is 0 Å². The minimum absolute atomic E-state index is 0.0181. The third-order valence-corrected chi connectivity index (χ3v) is 3.28. The third kappa shape index (κ3) is 3.88. The fourth-order valence-electron chi connectivity index (χ4n) is 1.82. The van der Waals surface area contributed by atoms with Gasteiger partial charge < -0.3 is 5.32 Å². The Balaban J connectivity index is 1.93. The van der Waals surface area contributed by atoms with Crippen molar-refractivity contribution in [3.63, 3.8) is 0 Å². The molecule has 2 rings (SSSR count). The largest absolute Gasteiger partial charge is 0.326 e. The predicted molar refractivity (Wildman–Crippen MR) is 76.3 cm³/mol. The van der Waals surface area contributed by atoms with Crippen LogP contribution in [0.5, 0.6) is 0 Å². The second-order valence-corrected chi connectivity index (χ2v) is 6.30. The number of hydrogen-bond donors (Lipinski definition) is 1. The lowest BCUT2D eigenvalue weighted by Gasteiger charge is -2.19. The zero-order valence-electron chi connectivity index (χ0n) is 12.0. The van der Waals surface area contributed by atoms with Crippen molar-refractivity contribution < 1.29 is 4.79 Å². The van der Waals surface area contributed by atoms with Crippen LogP contribution in [0.3, 0.4) is 0 Å². The first-order valence-corrected chi connectivity index (χ1v) is 6.63. The van der Waals surface area contributed by atoms with Gasteiger partial charge in [0, 0.05) is 18.5 Å². The molecule has 0 saturated carbocycles. The summed E-state index contributed by atoms with van der Waals surface area (Å²) in [5, 5.41) is 10.7. The van der Waals surface area contributed by atoms with Crippen LogP contribution in [0.25, 0.3) is 0 Å². The summed E-state index contributed by atoms with van der Waals surface area (Å²) < 4.78 is 0. The fraction of sp³-hybridized carbons (Fsp3) is 0.533. The number of anilines is 1. The first-order chi connectivity index (χ1) is 8.78. The Kier molecular flexibility index (Phi) is 3.43. The molecule has 1 aromatic rings. The highest BCUT2D eigenvalue weighted by Gasteiger charge is 2.33. The zero-order chi connectivity index (χ0) is 14.1. The van der Waals surface area contributed by atoms with Crippen molar-refractivity contribution in [1.82, 2.24) is 0 Å². The van der Waals surface area contributed by atoms with Crippen molar-refractivity contribution in [3.05, 3.63) is 29.8 Å². The Morgan fingerprint density at radius 1 is 1.32 bits per heavy atom. The van der Waals surface area contributed by atoms with Gasteiger partial charge in [0.05, 0.1) is 0 Å². The molecule has 0 aliphatic carbocycles. The van der Waals surface area contributed by atoms with Crippen molar-refractivity contribution in [2.45, 2.75) is 51.6 Å². The molecule has 19 heavy (non-hydrogen) atoms. The van der Waals surface area contributed by atoms with Crippen LogP contribution >= 0.6 is 0 Å². The van der Waals surface area contributed by atoms with Gasteiger partial charge in [-0.2, -0.15) is 10.2 Å². The summed E-state index contributed by atoms with van der Waals surface area (Å²) in [7, 11) is 0. The quantitative estimate of drug-likeness (QED) is 0.876. The van der Waals surface area contributed by atoms with E-state index in [1.54, 1.807) is 0 Å². The number of carbonyl (C=O) groups excluding carboxylic acids is 1. The van der Waals surface area contributed by atoms with E-state index < -0.39 is 0 Å². The second-order valence-electron chi connectivity index (χ2n) is 6.30. The molecule has 0 atom stereocenters. The molecule has 4 nitrogen and oxygen atoms in total. The molecule has 0 fully saturated rings. The molecule has 1 N–H and O–H groups in total. The van der Waals surface area contributed by atoms with Crippen LogP contribution in [-0.4, -0.2) is 11.6 Å². The molecular formula is C15H21N3O. The number of amides is 1. The summed E-state index contributed by atoms with van der Waals surface area (Å²) in [4.78, 5) is 11.9. The SMILES string of the molecule is CC1(CCC(=O)Nc2cccc(C(C)(C)C)c2)N=N1. The van der Waals surface area contributed by atoms with Crippen LogP contribution in [-0.2, 0) is 10.2 Å². The van der Waals surface area contributed by atoms with Crippen molar-refractivity contribution in [2.24, 2.45) is 10.2 Å². The molecule has 0 aromatic heterocycles. The molecular weight excluding hydrogens is 238 g/mol. The maximum absolute atomic E-state index is 11.9. The van der Waals surface area contributed by atoms with Crippen LogP contribution in [0.15, 0.2) is 34.5 Å². The van der Waals surface area contributed by atoms with Crippen LogP contribution < -0.4 is 5.32 Å². The standard InChI is InChI=1S/C15H21N3O/c1-14(2,3)11-6-5-7-12(10-11)16-13(19)8-9-15(4)17-18-15/h5-7,10H,8-9H2,1-4H3,(H,16,19). The third-order valence-electron chi connectivity index (χ3n) is 3.28. The van der Waals surface area contributed by atoms with Gasteiger partial charge in [0.2, 0.25) is 5.91 Å². The summed E-state index contributed by atoms with van der Waals surface area (Å²) in [5.74, 6) is 0.0181. The first kappa shape index (κ1) is 13.7. The number of carbonyl (C=O) groups is 1. The number of rotatable bonds is 4. The molecule has 0 saturated heterocycles. The Hall–Kier alpha value is -1.71. The minimum Gasteiger partial charge on any atom is -0.326 e. The van der Waals surface area contributed by atoms with E-state index >= 15 is 0 Å².